The molecule has 0 bridgehead atoms. The van der Waals surface area contributed by atoms with Gasteiger partial charge in [-0.25, -0.2) is 0 Å². The molecule has 0 radical (unpaired) electrons. The standard InChI is InChI=1S/C30H24F9NO2.C4H8/c1-18(20-3-9-23(10-4-20)28(31,32)33)40-26(15-16-27(41)22-7-13-25(14-8-22)30(37,38)39)17-42-19(2)21-5-11-24(12-6-21)29(34,35)36;1-3-4-2/h3-14,26,40H,1-2,15-17H2;3-4H,1-2H3/b;4-3-. The fraction of sp³-hybridized carbons (Fsp3) is 0.265. The predicted molar refractivity (Wildman–Crippen MR) is 159 cm³/mol. The predicted octanol–water partition coefficient (Wildman–Crippen LogP) is 10.6. The molecular formula is C34H32F9NO2. The Morgan fingerprint density at radius 1 is 0.674 bits per heavy atom. The fourth-order valence-electron chi connectivity index (χ4n) is 3.81. The average Bonchev–Trinajstić information content (AvgIpc) is 3.01. The summed E-state index contributed by atoms with van der Waals surface area (Å²) < 4.78 is 121. The first-order valence-electron chi connectivity index (χ1n) is 13.8. The minimum absolute atomic E-state index is 0.0183. The van der Waals surface area contributed by atoms with E-state index in [9.17, 15) is 44.3 Å². The molecule has 0 aliphatic rings. The van der Waals surface area contributed by atoms with Crippen molar-refractivity contribution in [1.82, 2.24) is 5.32 Å². The second kappa shape index (κ2) is 16.2. The molecule has 12 heteroatoms. The van der Waals surface area contributed by atoms with Crippen LogP contribution < -0.4 is 5.32 Å². The molecule has 46 heavy (non-hydrogen) atoms. The number of ether oxygens (including phenoxy) is 1. The molecule has 0 aromatic heterocycles. The van der Waals surface area contributed by atoms with E-state index in [2.05, 4.69) is 18.5 Å². The molecule has 248 valence electrons. The first-order valence-corrected chi connectivity index (χ1v) is 13.8. The van der Waals surface area contributed by atoms with Crippen LogP contribution in [-0.4, -0.2) is 18.4 Å². The molecule has 1 N–H and O–H groups in total. The van der Waals surface area contributed by atoms with Crippen LogP contribution in [0.25, 0.3) is 11.5 Å². The minimum atomic E-state index is -4.57. The van der Waals surface area contributed by atoms with Crippen LogP contribution >= 0.6 is 0 Å². The van der Waals surface area contributed by atoms with Crippen LogP contribution in [0, 0.1) is 0 Å². The Hall–Kier alpha value is -4.48. The van der Waals surface area contributed by atoms with Gasteiger partial charge in [-0.1, -0.05) is 61.7 Å². The smallest absolute Gasteiger partial charge is 0.416 e. The zero-order chi connectivity index (χ0) is 34.7. The van der Waals surface area contributed by atoms with E-state index in [1.807, 2.05) is 26.0 Å². The van der Waals surface area contributed by atoms with Crippen molar-refractivity contribution in [2.75, 3.05) is 6.61 Å². The lowest BCUT2D eigenvalue weighted by Crippen LogP contribution is -2.32. The summed E-state index contributed by atoms with van der Waals surface area (Å²) in [7, 11) is 0. The maximum Gasteiger partial charge on any atom is 0.416 e. The number of hydrogen-bond acceptors (Lipinski definition) is 3. The molecule has 0 saturated heterocycles. The molecule has 0 aliphatic heterocycles. The maximum atomic E-state index is 12.9. The van der Waals surface area contributed by atoms with Gasteiger partial charge in [0.15, 0.2) is 5.78 Å². The van der Waals surface area contributed by atoms with Gasteiger partial charge in [-0.2, -0.15) is 39.5 Å². The molecule has 0 amide bonds. The number of hydrogen-bond donors (Lipinski definition) is 1. The summed E-state index contributed by atoms with van der Waals surface area (Å²) in [5, 5.41) is 2.97. The summed E-state index contributed by atoms with van der Waals surface area (Å²) in [4.78, 5) is 12.7. The van der Waals surface area contributed by atoms with E-state index in [4.69, 9.17) is 4.74 Å². The molecule has 1 atom stereocenters. The van der Waals surface area contributed by atoms with E-state index in [1.54, 1.807) is 0 Å². The Kier molecular flexibility index (Phi) is 13.3. The Morgan fingerprint density at radius 3 is 1.41 bits per heavy atom. The third-order valence-electron chi connectivity index (χ3n) is 6.52. The number of carbonyl (C=O) groups excluding carboxylic acids is 1. The Labute approximate surface area is 261 Å². The maximum absolute atomic E-state index is 12.9. The summed E-state index contributed by atoms with van der Waals surface area (Å²) in [6.07, 6.45) is -9.74. The zero-order valence-corrected chi connectivity index (χ0v) is 24.9. The number of halogens is 9. The SMILES string of the molecule is C/C=C\C.C=C(NC(CCC(=O)c1ccc(C(F)(F)F)cc1)COC(=C)c1ccc(C(F)(F)F)cc1)c1ccc(C(F)(F)F)cc1. The van der Waals surface area contributed by atoms with Crippen molar-refractivity contribution >= 4 is 17.2 Å². The van der Waals surface area contributed by atoms with E-state index >= 15 is 0 Å². The lowest BCUT2D eigenvalue weighted by atomic mass is 10.0. The quantitative estimate of drug-likeness (QED) is 0.0965. The van der Waals surface area contributed by atoms with Crippen LogP contribution in [0.5, 0.6) is 0 Å². The summed E-state index contributed by atoms with van der Waals surface area (Å²) >= 11 is 0. The number of nitrogens with one attached hydrogen (secondary N) is 1. The van der Waals surface area contributed by atoms with Crippen molar-refractivity contribution in [2.24, 2.45) is 0 Å². The summed E-state index contributed by atoms with van der Waals surface area (Å²) in [5.41, 5.74) is -1.85. The van der Waals surface area contributed by atoms with Crippen LogP contribution in [0.4, 0.5) is 39.5 Å². The van der Waals surface area contributed by atoms with Crippen LogP contribution in [0.3, 0.4) is 0 Å². The Morgan fingerprint density at radius 2 is 1.04 bits per heavy atom. The van der Waals surface area contributed by atoms with Gasteiger partial charge in [0.1, 0.15) is 12.4 Å². The van der Waals surface area contributed by atoms with E-state index < -0.39 is 47.0 Å². The molecule has 1 unspecified atom stereocenters. The highest BCUT2D eigenvalue weighted by atomic mass is 19.4. The van der Waals surface area contributed by atoms with Crippen molar-refractivity contribution in [3.63, 3.8) is 0 Å². The van der Waals surface area contributed by atoms with E-state index in [0.29, 0.717) is 5.56 Å². The number of benzene rings is 3. The van der Waals surface area contributed by atoms with Gasteiger partial charge in [-0.3, -0.25) is 4.79 Å². The first kappa shape index (κ1) is 37.7. The molecular weight excluding hydrogens is 625 g/mol. The van der Waals surface area contributed by atoms with Crippen molar-refractivity contribution in [3.8, 4) is 0 Å². The van der Waals surface area contributed by atoms with E-state index in [-0.39, 0.29) is 42.0 Å². The van der Waals surface area contributed by atoms with Gasteiger partial charge in [-0.15, -0.1) is 0 Å². The lowest BCUT2D eigenvalue weighted by molar-refractivity contribution is -0.138. The van der Waals surface area contributed by atoms with Gasteiger partial charge in [0.2, 0.25) is 0 Å². The highest BCUT2D eigenvalue weighted by Gasteiger charge is 2.32. The van der Waals surface area contributed by atoms with Crippen molar-refractivity contribution < 1.29 is 49.0 Å². The number of allylic oxidation sites excluding steroid dienone is 2. The highest BCUT2D eigenvalue weighted by molar-refractivity contribution is 5.96. The molecule has 0 aliphatic carbocycles. The number of Topliss-reactive ketones (excluding diaryl/α,β-unsaturated/α-hetero) is 1. The third-order valence-corrected chi connectivity index (χ3v) is 6.52. The van der Waals surface area contributed by atoms with Crippen LogP contribution in [0.2, 0.25) is 0 Å². The first-order chi connectivity index (χ1) is 21.4. The summed E-state index contributed by atoms with van der Waals surface area (Å²) in [6, 6.07) is 11.2. The zero-order valence-electron chi connectivity index (χ0n) is 24.9. The van der Waals surface area contributed by atoms with Gasteiger partial charge in [0.05, 0.1) is 22.7 Å². The minimum Gasteiger partial charge on any atom is -0.491 e. The van der Waals surface area contributed by atoms with Crippen LogP contribution in [-0.2, 0) is 23.3 Å². The van der Waals surface area contributed by atoms with Gasteiger partial charge in [0.25, 0.3) is 0 Å². The molecule has 0 saturated carbocycles. The lowest BCUT2D eigenvalue weighted by Gasteiger charge is -2.23. The number of ketones is 1. The Balaban J connectivity index is 0.00000173. The summed E-state index contributed by atoms with van der Waals surface area (Å²) in [6.45, 7) is 11.4. The largest absolute Gasteiger partial charge is 0.491 e. The summed E-state index contributed by atoms with van der Waals surface area (Å²) in [5.74, 6) is -0.457. The highest BCUT2D eigenvalue weighted by Crippen LogP contribution is 2.32. The topological polar surface area (TPSA) is 38.3 Å². The average molecular weight is 658 g/mol. The van der Waals surface area contributed by atoms with Gasteiger partial charge >= 0.3 is 18.5 Å². The van der Waals surface area contributed by atoms with Crippen LogP contribution in [0.1, 0.15) is 64.9 Å². The molecule has 3 nitrogen and oxygen atoms in total. The van der Waals surface area contributed by atoms with Crippen molar-refractivity contribution in [3.05, 3.63) is 131 Å². The number of carbonyl (C=O) groups is 1. The normalized spacial score (nSPS) is 12.6. The molecule has 0 heterocycles. The molecule has 3 aromatic carbocycles. The molecule has 0 spiro atoms. The van der Waals surface area contributed by atoms with Gasteiger partial charge in [0, 0.05) is 23.2 Å². The Bertz CT molecular complexity index is 1390. The van der Waals surface area contributed by atoms with Gasteiger partial charge in [-0.05, 0) is 62.2 Å². The fourth-order valence-corrected chi connectivity index (χ4v) is 3.81. The monoisotopic (exact) mass is 657 g/mol. The van der Waals surface area contributed by atoms with Gasteiger partial charge < -0.3 is 10.1 Å². The van der Waals surface area contributed by atoms with Crippen molar-refractivity contribution in [2.45, 2.75) is 51.3 Å². The van der Waals surface area contributed by atoms with Crippen molar-refractivity contribution in [1.29, 1.82) is 0 Å². The third kappa shape index (κ3) is 11.8. The molecule has 3 aromatic rings. The van der Waals surface area contributed by atoms with E-state index in [0.717, 1.165) is 48.5 Å². The van der Waals surface area contributed by atoms with E-state index in [1.165, 1.54) is 24.3 Å². The second-order valence-electron chi connectivity index (χ2n) is 9.91. The van der Waals surface area contributed by atoms with Crippen LogP contribution in [0.15, 0.2) is 98.1 Å². The molecule has 3 rings (SSSR count). The second-order valence-corrected chi connectivity index (χ2v) is 9.91. The number of rotatable bonds is 11. The molecule has 0 fully saturated rings. The number of alkyl halides is 9.